The van der Waals surface area contributed by atoms with Crippen molar-refractivity contribution in [2.75, 3.05) is 5.32 Å². The van der Waals surface area contributed by atoms with E-state index in [1.54, 1.807) is 18.2 Å². The molecule has 1 aromatic heterocycles. The van der Waals surface area contributed by atoms with Crippen LogP contribution in [0.2, 0.25) is 5.02 Å². The van der Waals surface area contributed by atoms with E-state index in [1.807, 2.05) is 48.9 Å². The van der Waals surface area contributed by atoms with E-state index in [0.717, 1.165) is 34.0 Å². The Balaban J connectivity index is 1.44. The van der Waals surface area contributed by atoms with Crippen molar-refractivity contribution in [3.8, 4) is 5.75 Å². The van der Waals surface area contributed by atoms with Crippen molar-refractivity contribution >= 4 is 23.2 Å². The maximum absolute atomic E-state index is 13.0. The lowest BCUT2D eigenvalue weighted by Crippen LogP contribution is -2.14. The fourth-order valence-electron chi connectivity index (χ4n) is 3.58. The molecule has 168 valence electrons. The summed E-state index contributed by atoms with van der Waals surface area (Å²) in [6, 6.07) is 23.0. The molecule has 4 rings (SSSR count). The second-order valence-corrected chi connectivity index (χ2v) is 8.52. The third kappa shape index (κ3) is 5.62. The highest BCUT2D eigenvalue weighted by Gasteiger charge is 2.16. The van der Waals surface area contributed by atoms with Gasteiger partial charge in [0.1, 0.15) is 12.4 Å². The van der Waals surface area contributed by atoms with Crippen LogP contribution in [0.3, 0.4) is 0 Å². The number of anilines is 1. The summed E-state index contributed by atoms with van der Waals surface area (Å²) in [5.74, 6) is 0.547. The van der Waals surface area contributed by atoms with Gasteiger partial charge in [0.15, 0.2) is 0 Å². The molecule has 3 aromatic carbocycles. The molecule has 33 heavy (non-hydrogen) atoms. The van der Waals surface area contributed by atoms with Gasteiger partial charge < -0.3 is 10.1 Å². The van der Waals surface area contributed by atoms with Crippen LogP contribution >= 0.6 is 11.6 Å². The first-order valence-corrected chi connectivity index (χ1v) is 11.1. The van der Waals surface area contributed by atoms with Crippen molar-refractivity contribution in [2.24, 2.45) is 0 Å². The number of nitrogens with zero attached hydrogens (tertiary/aromatic N) is 2. The zero-order chi connectivity index (χ0) is 23.4. The molecule has 0 spiro atoms. The molecule has 0 unspecified atom stereocenters. The van der Waals surface area contributed by atoms with Gasteiger partial charge >= 0.3 is 0 Å². The smallest absolute Gasteiger partial charge is 0.255 e. The number of carbonyl (C=O) groups is 1. The Bertz CT molecular complexity index is 1260. The largest absolute Gasteiger partial charge is 0.489 e. The number of ether oxygens (including phenoxy) is 1. The van der Waals surface area contributed by atoms with Crippen LogP contribution in [0.25, 0.3) is 0 Å². The molecule has 0 radical (unpaired) electrons. The topological polar surface area (TPSA) is 56.2 Å². The van der Waals surface area contributed by atoms with E-state index < -0.39 is 0 Å². The van der Waals surface area contributed by atoms with Gasteiger partial charge in [0, 0.05) is 10.6 Å². The van der Waals surface area contributed by atoms with Crippen molar-refractivity contribution < 1.29 is 9.53 Å². The summed E-state index contributed by atoms with van der Waals surface area (Å²) in [5, 5.41) is 8.33. The number of nitrogens with one attached hydrogen (secondary N) is 1. The second-order valence-electron chi connectivity index (χ2n) is 8.09. The van der Waals surface area contributed by atoms with Gasteiger partial charge in [-0.1, -0.05) is 53.6 Å². The molecule has 1 N–H and O–H groups in total. The SMILES string of the molecule is Cc1ccc(Cn2nc(C)c(NC(=O)c3cccc(COc4ccc(Cl)cc4)c3)c2C)cc1. The molecule has 0 bridgehead atoms. The molecule has 6 heteroatoms. The predicted octanol–water partition coefficient (Wildman–Crippen LogP) is 6.34. The molecule has 5 nitrogen and oxygen atoms in total. The lowest BCUT2D eigenvalue weighted by molar-refractivity contribution is 0.102. The van der Waals surface area contributed by atoms with Crippen LogP contribution < -0.4 is 10.1 Å². The fraction of sp³-hybridized carbons (Fsp3) is 0.185. The van der Waals surface area contributed by atoms with Crippen molar-refractivity contribution in [3.63, 3.8) is 0 Å². The minimum atomic E-state index is -0.176. The van der Waals surface area contributed by atoms with E-state index in [0.29, 0.717) is 23.7 Å². The quantitative estimate of drug-likeness (QED) is 0.350. The number of aryl methyl sites for hydroxylation is 2. The van der Waals surface area contributed by atoms with Gasteiger partial charge in [-0.05, 0) is 68.3 Å². The van der Waals surface area contributed by atoms with Gasteiger partial charge in [-0.25, -0.2) is 0 Å². The first kappa shape index (κ1) is 22.6. The molecule has 0 atom stereocenters. The van der Waals surface area contributed by atoms with E-state index in [-0.39, 0.29) is 5.91 Å². The fourth-order valence-corrected chi connectivity index (χ4v) is 3.71. The number of hydrogen-bond acceptors (Lipinski definition) is 3. The molecule has 4 aromatic rings. The average molecular weight is 460 g/mol. The molecule has 0 saturated heterocycles. The number of rotatable bonds is 7. The molecular weight excluding hydrogens is 434 g/mol. The van der Waals surface area contributed by atoms with Crippen LogP contribution in [-0.2, 0) is 13.2 Å². The summed E-state index contributed by atoms with van der Waals surface area (Å²) in [6.07, 6.45) is 0. The number of amides is 1. The summed E-state index contributed by atoms with van der Waals surface area (Å²) >= 11 is 5.91. The lowest BCUT2D eigenvalue weighted by atomic mass is 10.1. The zero-order valence-electron chi connectivity index (χ0n) is 18.9. The third-order valence-electron chi connectivity index (χ3n) is 5.48. The first-order valence-electron chi connectivity index (χ1n) is 10.8. The Hall–Kier alpha value is -3.57. The van der Waals surface area contributed by atoms with Gasteiger partial charge in [0.2, 0.25) is 0 Å². The van der Waals surface area contributed by atoms with Gasteiger partial charge in [-0.15, -0.1) is 0 Å². The Morgan fingerprint density at radius 1 is 0.970 bits per heavy atom. The second kappa shape index (κ2) is 9.92. The average Bonchev–Trinajstić information content (AvgIpc) is 3.07. The summed E-state index contributed by atoms with van der Waals surface area (Å²) in [6.45, 7) is 6.96. The van der Waals surface area contributed by atoms with E-state index in [4.69, 9.17) is 16.3 Å². The van der Waals surface area contributed by atoms with Crippen LogP contribution in [0.4, 0.5) is 5.69 Å². The van der Waals surface area contributed by atoms with E-state index in [1.165, 1.54) is 5.56 Å². The molecule has 0 aliphatic heterocycles. The Kier molecular flexibility index (Phi) is 6.80. The number of carbonyl (C=O) groups excluding carboxylic acids is 1. The molecule has 0 aliphatic carbocycles. The minimum Gasteiger partial charge on any atom is -0.489 e. The Morgan fingerprint density at radius 3 is 2.42 bits per heavy atom. The monoisotopic (exact) mass is 459 g/mol. The van der Waals surface area contributed by atoms with E-state index in [2.05, 4.69) is 41.6 Å². The summed E-state index contributed by atoms with van der Waals surface area (Å²) < 4.78 is 7.72. The van der Waals surface area contributed by atoms with Crippen molar-refractivity contribution in [2.45, 2.75) is 33.9 Å². The summed E-state index contributed by atoms with van der Waals surface area (Å²) in [4.78, 5) is 13.0. The van der Waals surface area contributed by atoms with Gasteiger partial charge in [-0.3, -0.25) is 9.48 Å². The molecule has 1 heterocycles. The van der Waals surface area contributed by atoms with Crippen molar-refractivity contribution in [1.82, 2.24) is 9.78 Å². The zero-order valence-corrected chi connectivity index (χ0v) is 19.7. The van der Waals surface area contributed by atoms with Gasteiger partial charge in [-0.2, -0.15) is 5.10 Å². The highest BCUT2D eigenvalue weighted by molar-refractivity contribution is 6.30. The Labute approximate surface area is 199 Å². The van der Waals surface area contributed by atoms with Crippen LogP contribution in [0.15, 0.2) is 72.8 Å². The van der Waals surface area contributed by atoms with Crippen LogP contribution in [0.1, 0.15) is 38.4 Å². The molecule has 0 saturated carbocycles. The van der Waals surface area contributed by atoms with E-state index in [9.17, 15) is 4.79 Å². The highest BCUT2D eigenvalue weighted by Crippen LogP contribution is 2.22. The van der Waals surface area contributed by atoms with Crippen LogP contribution in [-0.4, -0.2) is 15.7 Å². The normalized spacial score (nSPS) is 10.8. The van der Waals surface area contributed by atoms with E-state index >= 15 is 0 Å². The molecule has 0 aliphatic rings. The van der Waals surface area contributed by atoms with Gasteiger partial charge in [0.25, 0.3) is 5.91 Å². The number of halogens is 1. The number of aromatic nitrogens is 2. The molecule has 0 fully saturated rings. The summed E-state index contributed by atoms with van der Waals surface area (Å²) in [7, 11) is 0. The predicted molar refractivity (Wildman–Crippen MR) is 132 cm³/mol. The van der Waals surface area contributed by atoms with Crippen LogP contribution in [0, 0.1) is 20.8 Å². The summed E-state index contributed by atoms with van der Waals surface area (Å²) in [5.41, 5.74) is 6.31. The van der Waals surface area contributed by atoms with Crippen molar-refractivity contribution in [3.05, 3.63) is 111 Å². The minimum absolute atomic E-state index is 0.176. The first-order chi connectivity index (χ1) is 15.9. The standard InChI is InChI=1S/C27H26ClN3O2/c1-18-7-9-21(10-8-18)16-31-20(3)26(19(2)30-31)29-27(32)23-6-4-5-22(15-23)17-33-25-13-11-24(28)12-14-25/h4-15H,16-17H2,1-3H3,(H,29,32). The maximum atomic E-state index is 13.0. The maximum Gasteiger partial charge on any atom is 0.255 e. The number of hydrogen-bond donors (Lipinski definition) is 1. The van der Waals surface area contributed by atoms with Crippen molar-refractivity contribution in [1.29, 1.82) is 0 Å². The number of benzene rings is 3. The molecular formula is C27H26ClN3O2. The Morgan fingerprint density at radius 2 is 1.70 bits per heavy atom. The van der Waals surface area contributed by atoms with Crippen LogP contribution in [0.5, 0.6) is 5.75 Å². The third-order valence-corrected chi connectivity index (χ3v) is 5.73. The molecule has 1 amide bonds. The van der Waals surface area contributed by atoms with Gasteiger partial charge in [0.05, 0.1) is 23.6 Å². The lowest BCUT2D eigenvalue weighted by Gasteiger charge is -2.10. The highest BCUT2D eigenvalue weighted by atomic mass is 35.5.